The van der Waals surface area contributed by atoms with Gasteiger partial charge in [0.2, 0.25) is 0 Å². The van der Waals surface area contributed by atoms with E-state index < -0.39 is 0 Å². The van der Waals surface area contributed by atoms with E-state index in [1.165, 1.54) is 0 Å². The van der Waals surface area contributed by atoms with Crippen LogP contribution in [0.3, 0.4) is 0 Å². The molecule has 0 aromatic heterocycles. The Morgan fingerprint density at radius 3 is 2.58 bits per heavy atom. The molecule has 0 saturated heterocycles. The first-order valence-electron chi connectivity index (χ1n) is 5.89. The Hall–Kier alpha value is -2.10. The van der Waals surface area contributed by atoms with Crippen LogP contribution in [0.5, 0.6) is 5.75 Å². The fraction of sp³-hybridized carbons (Fsp3) is 0.125. The smallest absolute Gasteiger partial charge is 0.395 e. The molecule has 0 saturated carbocycles. The van der Waals surface area contributed by atoms with Crippen LogP contribution in [0.4, 0.5) is 0 Å². The Balaban J connectivity index is 2.69. The van der Waals surface area contributed by atoms with Crippen molar-refractivity contribution in [3.05, 3.63) is 53.6 Å². The summed E-state index contributed by atoms with van der Waals surface area (Å²) in [6.45, 7) is 2.01. The maximum Gasteiger partial charge on any atom is 0.395 e. The van der Waals surface area contributed by atoms with Crippen molar-refractivity contribution in [3.63, 3.8) is 0 Å². The van der Waals surface area contributed by atoms with Crippen molar-refractivity contribution in [3.8, 4) is 29.2 Å². The van der Waals surface area contributed by atoms with Crippen molar-refractivity contribution in [2.24, 2.45) is 0 Å². The monoisotopic (exact) mass is 268 g/mol. The van der Waals surface area contributed by atoms with Crippen molar-refractivity contribution in [2.75, 3.05) is 0 Å². The van der Waals surface area contributed by atoms with E-state index in [9.17, 15) is 4.57 Å². The van der Waals surface area contributed by atoms with Crippen molar-refractivity contribution in [1.82, 2.24) is 0 Å². The normalized spacial score (nSPS) is 10.1. The summed E-state index contributed by atoms with van der Waals surface area (Å²) in [6, 6.07) is 13.6. The number of rotatable bonds is 4. The predicted molar refractivity (Wildman–Crippen MR) is 77.4 cm³/mol. The summed E-state index contributed by atoms with van der Waals surface area (Å²) < 4.78 is 15.9. The van der Waals surface area contributed by atoms with Gasteiger partial charge in [-0.25, -0.2) is 4.57 Å². The summed E-state index contributed by atoms with van der Waals surface area (Å²) in [5.41, 5.74) is 4.07. The minimum absolute atomic E-state index is 0.368. The minimum Gasteiger partial charge on any atom is -0.407 e. The summed E-state index contributed by atoms with van der Waals surface area (Å²) in [6.07, 6.45) is 5.96. The van der Waals surface area contributed by atoms with Gasteiger partial charge in [0.1, 0.15) is 5.75 Å². The van der Waals surface area contributed by atoms with E-state index in [1.807, 2.05) is 49.4 Å². The molecular formula is C16H13O2P. The molecule has 0 heterocycles. The van der Waals surface area contributed by atoms with Crippen LogP contribution < -0.4 is 4.52 Å². The molecule has 0 N–H and O–H groups in total. The van der Waals surface area contributed by atoms with Crippen molar-refractivity contribution < 1.29 is 9.09 Å². The Bertz CT molecular complexity index is 627. The first kappa shape index (κ1) is 13.3. The topological polar surface area (TPSA) is 26.3 Å². The van der Waals surface area contributed by atoms with E-state index in [1.54, 1.807) is 0 Å². The van der Waals surface area contributed by atoms with Crippen LogP contribution in [0.15, 0.2) is 42.5 Å². The highest BCUT2D eigenvalue weighted by Gasteiger charge is 2.14. The molecule has 0 bridgehead atoms. The van der Waals surface area contributed by atoms with Gasteiger partial charge in [-0.1, -0.05) is 36.4 Å². The maximum atomic E-state index is 10.7. The van der Waals surface area contributed by atoms with Crippen molar-refractivity contribution >= 4 is 8.69 Å². The van der Waals surface area contributed by atoms with Crippen LogP contribution in [-0.4, -0.2) is 0 Å². The Morgan fingerprint density at radius 1 is 1.21 bits per heavy atom. The van der Waals surface area contributed by atoms with Gasteiger partial charge >= 0.3 is 8.69 Å². The molecule has 19 heavy (non-hydrogen) atoms. The molecule has 3 heteroatoms. The van der Waals surface area contributed by atoms with E-state index >= 15 is 0 Å². The zero-order chi connectivity index (χ0) is 13.7. The van der Waals surface area contributed by atoms with Crippen molar-refractivity contribution in [2.45, 2.75) is 13.3 Å². The second kappa shape index (κ2) is 6.18. The Kier molecular flexibility index (Phi) is 4.34. The third-order valence-corrected chi connectivity index (χ3v) is 3.26. The second-order valence-corrected chi connectivity index (χ2v) is 4.48. The Morgan fingerprint density at radius 2 is 1.95 bits per heavy atom. The molecule has 0 spiro atoms. The third-order valence-electron chi connectivity index (χ3n) is 2.99. The molecule has 0 atom stereocenters. The highest BCUT2D eigenvalue weighted by atomic mass is 31.1. The van der Waals surface area contributed by atoms with Gasteiger partial charge in [0.15, 0.2) is 0 Å². The lowest BCUT2D eigenvalue weighted by Crippen LogP contribution is -1.95. The van der Waals surface area contributed by atoms with Gasteiger partial charge in [-0.05, 0) is 29.7 Å². The average molecular weight is 268 g/mol. The number of hydrogen-bond acceptors (Lipinski definition) is 2. The largest absolute Gasteiger partial charge is 0.407 e. The molecule has 0 amide bonds. The summed E-state index contributed by atoms with van der Waals surface area (Å²) >= 11 is 0. The molecule has 0 radical (unpaired) electrons. The highest BCUT2D eigenvalue weighted by Crippen LogP contribution is 2.36. The van der Waals surface area contributed by atoms with Gasteiger partial charge in [0, 0.05) is 12.0 Å². The summed E-state index contributed by atoms with van der Waals surface area (Å²) in [5, 5.41) is 0. The fourth-order valence-electron chi connectivity index (χ4n) is 2.10. The predicted octanol–water partition coefficient (Wildman–Crippen LogP) is 4.42. The van der Waals surface area contributed by atoms with E-state index in [2.05, 4.69) is 5.92 Å². The second-order valence-electron chi connectivity index (χ2n) is 4.15. The quantitative estimate of drug-likeness (QED) is 0.606. The molecule has 2 aromatic rings. The average Bonchev–Trinajstić information content (AvgIpc) is 2.44. The van der Waals surface area contributed by atoms with Crippen LogP contribution in [0.1, 0.15) is 11.1 Å². The summed E-state index contributed by atoms with van der Waals surface area (Å²) in [7, 11) is -0.368. The first-order valence-corrected chi connectivity index (χ1v) is 6.62. The molecule has 0 aliphatic rings. The highest BCUT2D eigenvalue weighted by molar-refractivity contribution is 7.17. The van der Waals surface area contributed by atoms with Crippen LogP contribution in [0.2, 0.25) is 0 Å². The number of hydrogen-bond donors (Lipinski definition) is 0. The van der Waals surface area contributed by atoms with Gasteiger partial charge in [0.25, 0.3) is 0 Å². The molecule has 0 fully saturated rings. The molecule has 0 aliphatic carbocycles. The van der Waals surface area contributed by atoms with Gasteiger partial charge < -0.3 is 4.52 Å². The summed E-state index contributed by atoms with van der Waals surface area (Å²) in [4.78, 5) is 0. The maximum absolute atomic E-state index is 10.7. The zero-order valence-corrected chi connectivity index (χ0v) is 11.5. The molecule has 0 aliphatic heterocycles. The van der Waals surface area contributed by atoms with Gasteiger partial charge in [0.05, 0.1) is 0 Å². The van der Waals surface area contributed by atoms with Crippen LogP contribution in [0.25, 0.3) is 11.1 Å². The summed E-state index contributed by atoms with van der Waals surface area (Å²) in [5.74, 6) is 3.25. The Labute approximate surface area is 114 Å². The minimum atomic E-state index is -0.368. The van der Waals surface area contributed by atoms with Crippen molar-refractivity contribution in [1.29, 1.82) is 0 Å². The van der Waals surface area contributed by atoms with Gasteiger partial charge in [-0.3, -0.25) is 0 Å². The lowest BCUT2D eigenvalue weighted by atomic mass is 9.93. The third kappa shape index (κ3) is 2.84. The first-order chi connectivity index (χ1) is 9.27. The molecule has 2 aromatic carbocycles. The molecule has 0 unspecified atom stereocenters. The van der Waals surface area contributed by atoms with E-state index in [-0.39, 0.29) is 8.69 Å². The lowest BCUT2D eigenvalue weighted by molar-refractivity contribution is 0.525. The van der Waals surface area contributed by atoms with Crippen LogP contribution in [0, 0.1) is 19.3 Å². The zero-order valence-electron chi connectivity index (χ0n) is 10.6. The molecule has 2 nitrogen and oxygen atoms in total. The molecule has 2 rings (SSSR count). The van der Waals surface area contributed by atoms with E-state index in [0.717, 1.165) is 22.3 Å². The molecule has 94 valence electrons. The SMILES string of the molecule is C#CCc1c(C)ccc(OP=O)c1-c1ccccc1. The van der Waals surface area contributed by atoms with E-state index in [0.29, 0.717) is 12.2 Å². The number of aryl methyl sites for hydroxylation is 1. The molecular weight excluding hydrogens is 255 g/mol. The van der Waals surface area contributed by atoms with Gasteiger partial charge in [-0.2, -0.15) is 0 Å². The van der Waals surface area contributed by atoms with Crippen LogP contribution >= 0.6 is 8.69 Å². The number of terminal acetylenes is 1. The van der Waals surface area contributed by atoms with Crippen LogP contribution in [-0.2, 0) is 11.0 Å². The number of benzene rings is 2. The standard InChI is InChI=1S/C16H13O2P/c1-3-7-14-12(2)10-11-15(18-19-17)16(14)13-8-5-4-6-9-13/h1,4-6,8-11H,7H2,2H3. The fourth-order valence-corrected chi connectivity index (χ4v) is 2.33. The van der Waals surface area contributed by atoms with E-state index in [4.69, 9.17) is 10.9 Å². The lowest BCUT2D eigenvalue weighted by Gasteiger charge is -2.14. The van der Waals surface area contributed by atoms with Gasteiger partial charge in [-0.15, -0.1) is 12.3 Å².